The molecular formula is C21H18N4O3. The molecule has 0 spiro atoms. The van der Waals surface area contributed by atoms with Crippen LogP contribution in [-0.2, 0) is 11.3 Å². The van der Waals surface area contributed by atoms with E-state index >= 15 is 0 Å². The van der Waals surface area contributed by atoms with Crippen molar-refractivity contribution in [1.82, 2.24) is 15.4 Å². The molecule has 0 saturated carbocycles. The van der Waals surface area contributed by atoms with Crippen molar-refractivity contribution in [1.29, 1.82) is 5.26 Å². The minimum absolute atomic E-state index is 0.112. The lowest BCUT2D eigenvalue weighted by atomic mass is 10.1. The van der Waals surface area contributed by atoms with Gasteiger partial charge in [0.15, 0.2) is 11.5 Å². The third-order valence-corrected chi connectivity index (χ3v) is 4.13. The summed E-state index contributed by atoms with van der Waals surface area (Å²) in [7, 11) is 1.65. The largest absolute Gasteiger partial charge is 0.355 e. The van der Waals surface area contributed by atoms with Crippen LogP contribution in [0.2, 0.25) is 0 Å². The number of nitrogens with one attached hydrogen (secondary N) is 1. The van der Waals surface area contributed by atoms with E-state index in [2.05, 4.69) is 10.5 Å². The Morgan fingerprint density at radius 3 is 2.54 bits per heavy atom. The lowest BCUT2D eigenvalue weighted by molar-refractivity contribution is -0.129. The van der Waals surface area contributed by atoms with Crippen LogP contribution in [0.1, 0.15) is 21.6 Å². The standard InChI is InChI=1S/C21H18N4O3/c1-25(14-16-9-7-15(12-22)8-10-16)20(26)13-23-21(27)18-11-19(28-24-18)17-5-3-2-4-6-17/h2-11H,13-14H2,1H3,(H,23,27). The molecule has 0 aliphatic rings. The molecule has 7 nitrogen and oxygen atoms in total. The zero-order valence-corrected chi connectivity index (χ0v) is 15.3. The molecule has 7 heteroatoms. The fourth-order valence-corrected chi connectivity index (χ4v) is 2.55. The Hall–Kier alpha value is -3.92. The zero-order chi connectivity index (χ0) is 19.9. The van der Waals surface area contributed by atoms with Gasteiger partial charge >= 0.3 is 0 Å². The maximum Gasteiger partial charge on any atom is 0.273 e. The van der Waals surface area contributed by atoms with E-state index in [1.54, 1.807) is 31.3 Å². The number of hydrogen-bond acceptors (Lipinski definition) is 5. The minimum atomic E-state index is -0.481. The van der Waals surface area contributed by atoms with E-state index in [1.165, 1.54) is 11.0 Å². The van der Waals surface area contributed by atoms with E-state index in [4.69, 9.17) is 9.78 Å². The summed E-state index contributed by atoms with van der Waals surface area (Å²) in [5.41, 5.74) is 2.38. The molecule has 0 aliphatic carbocycles. The normalized spacial score (nSPS) is 10.1. The minimum Gasteiger partial charge on any atom is -0.355 e. The highest BCUT2D eigenvalue weighted by atomic mass is 16.5. The molecule has 0 atom stereocenters. The Labute approximate surface area is 162 Å². The zero-order valence-electron chi connectivity index (χ0n) is 15.3. The van der Waals surface area contributed by atoms with E-state index in [0.29, 0.717) is 17.9 Å². The van der Waals surface area contributed by atoms with Gasteiger partial charge in [-0.3, -0.25) is 9.59 Å². The number of rotatable bonds is 6. The van der Waals surface area contributed by atoms with Crippen molar-refractivity contribution < 1.29 is 14.1 Å². The van der Waals surface area contributed by atoms with Crippen LogP contribution in [0.4, 0.5) is 0 Å². The van der Waals surface area contributed by atoms with Crippen molar-refractivity contribution in [2.75, 3.05) is 13.6 Å². The van der Waals surface area contributed by atoms with Gasteiger partial charge in [-0.05, 0) is 17.7 Å². The molecule has 0 bridgehead atoms. The fourth-order valence-electron chi connectivity index (χ4n) is 2.55. The highest BCUT2D eigenvalue weighted by molar-refractivity contribution is 5.95. The first-order chi connectivity index (χ1) is 13.6. The molecule has 2 amide bonds. The van der Waals surface area contributed by atoms with Gasteiger partial charge < -0.3 is 14.7 Å². The number of amides is 2. The van der Waals surface area contributed by atoms with Crippen LogP contribution in [0.5, 0.6) is 0 Å². The molecule has 1 heterocycles. The first kappa shape index (κ1) is 18.9. The maximum atomic E-state index is 12.2. The molecule has 0 radical (unpaired) electrons. The van der Waals surface area contributed by atoms with E-state index < -0.39 is 5.91 Å². The number of carbonyl (C=O) groups excluding carboxylic acids is 2. The van der Waals surface area contributed by atoms with Gasteiger partial charge in [-0.1, -0.05) is 47.6 Å². The number of benzene rings is 2. The average molecular weight is 374 g/mol. The van der Waals surface area contributed by atoms with Crippen molar-refractivity contribution in [2.45, 2.75) is 6.54 Å². The predicted octanol–water partition coefficient (Wildman–Crippen LogP) is 2.60. The highest BCUT2D eigenvalue weighted by Crippen LogP contribution is 2.19. The van der Waals surface area contributed by atoms with Gasteiger partial charge in [0.2, 0.25) is 5.91 Å². The van der Waals surface area contributed by atoms with Gasteiger partial charge in [0, 0.05) is 25.2 Å². The Morgan fingerprint density at radius 1 is 1.14 bits per heavy atom. The first-order valence-electron chi connectivity index (χ1n) is 8.60. The quantitative estimate of drug-likeness (QED) is 0.715. The van der Waals surface area contributed by atoms with Crippen LogP contribution in [0.3, 0.4) is 0 Å². The van der Waals surface area contributed by atoms with Gasteiger partial charge in [0.25, 0.3) is 5.91 Å². The van der Waals surface area contributed by atoms with Crippen molar-refractivity contribution in [3.05, 3.63) is 77.5 Å². The number of carbonyl (C=O) groups is 2. The summed E-state index contributed by atoms with van der Waals surface area (Å²) in [4.78, 5) is 26.0. The van der Waals surface area contributed by atoms with Crippen LogP contribution < -0.4 is 5.32 Å². The summed E-state index contributed by atoms with van der Waals surface area (Å²) >= 11 is 0. The Kier molecular flexibility index (Phi) is 5.82. The SMILES string of the molecule is CN(Cc1ccc(C#N)cc1)C(=O)CNC(=O)c1cc(-c2ccccc2)on1. The monoisotopic (exact) mass is 374 g/mol. The molecule has 0 aliphatic heterocycles. The molecule has 1 aromatic heterocycles. The number of nitrogens with zero attached hydrogens (tertiary/aromatic N) is 3. The first-order valence-corrected chi connectivity index (χ1v) is 8.60. The smallest absolute Gasteiger partial charge is 0.273 e. The fraction of sp³-hybridized carbons (Fsp3) is 0.143. The van der Waals surface area contributed by atoms with Gasteiger partial charge in [-0.25, -0.2) is 0 Å². The number of hydrogen-bond donors (Lipinski definition) is 1. The summed E-state index contributed by atoms with van der Waals surface area (Å²) in [6, 6.07) is 19.9. The maximum absolute atomic E-state index is 12.2. The van der Waals surface area contributed by atoms with Crippen molar-refractivity contribution in [3.8, 4) is 17.4 Å². The number of aromatic nitrogens is 1. The molecule has 0 unspecified atom stereocenters. The van der Waals surface area contributed by atoms with Crippen LogP contribution >= 0.6 is 0 Å². The molecule has 28 heavy (non-hydrogen) atoms. The summed E-state index contributed by atoms with van der Waals surface area (Å²) in [6.07, 6.45) is 0. The number of nitriles is 1. The summed E-state index contributed by atoms with van der Waals surface area (Å²) in [5, 5.41) is 15.1. The molecule has 0 fully saturated rings. The van der Waals surface area contributed by atoms with Crippen LogP contribution in [0, 0.1) is 11.3 Å². The van der Waals surface area contributed by atoms with Crippen molar-refractivity contribution >= 4 is 11.8 Å². The summed E-state index contributed by atoms with van der Waals surface area (Å²) in [6.45, 7) is 0.224. The summed E-state index contributed by atoms with van der Waals surface area (Å²) in [5.74, 6) is -0.245. The van der Waals surface area contributed by atoms with Crippen LogP contribution in [0.15, 0.2) is 65.2 Å². The molecule has 1 N–H and O–H groups in total. The second-order valence-corrected chi connectivity index (χ2v) is 6.18. The second kappa shape index (κ2) is 8.64. The Bertz CT molecular complexity index is 1000. The van der Waals surface area contributed by atoms with Gasteiger partial charge in [0.1, 0.15) is 0 Å². The predicted molar refractivity (Wildman–Crippen MR) is 102 cm³/mol. The van der Waals surface area contributed by atoms with E-state index in [9.17, 15) is 9.59 Å². The molecule has 140 valence electrons. The highest BCUT2D eigenvalue weighted by Gasteiger charge is 2.16. The van der Waals surface area contributed by atoms with Gasteiger partial charge in [-0.2, -0.15) is 5.26 Å². The average Bonchev–Trinajstić information content (AvgIpc) is 3.23. The topological polar surface area (TPSA) is 99.2 Å². The Morgan fingerprint density at radius 2 is 1.86 bits per heavy atom. The van der Waals surface area contributed by atoms with Crippen molar-refractivity contribution in [2.24, 2.45) is 0 Å². The van der Waals surface area contributed by atoms with E-state index in [-0.39, 0.29) is 18.1 Å². The number of likely N-dealkylation sites (N-methyl/N-ethyl adjacent to an activating group) is 1. The van der Waals surface area contributed by atoms with Gasteiger partial charge in [0.05, 0.1) is 18.2 Å². The van der Waals surface area contributed by atoms with E-state index in [0.717, 1.165) is 11.1 Å². The second-order valence-electron chi connectivity index (χ2n) is 6.18. The van der Waals surface area contributed by atoms with Crippen molar-refractivity contribution in [3.63, 3.8) is 0 Å². The third-order valence-electron chi connectivity index (χ3n) is 4.13. The molecule has 2 aromatic carbocycles. The lowest BCUT2D eigenvalue weighted by Gasteiger charge is -2.17. The van der Waals surface area contributed by atoms with Crippen LogP contribution in [-0.4, -0.2) is 35.5 Å². The third kappa shape index (κ3) is 4.62. The molecule has 0 saturated heterocycles. The summed E-state index contributed by atoms with van der Waals surface area (Å²) < 4.78 is 5.19. The molecular weight excluding hydrogens is 356 g/mol. The Balaban J connectivity index is 1.53. The van der Waals surface area contributed by atoms with E-state index in [1.807, 2.05) is 36.4 Å². The lowest BCUT2D eigenvalue weighted by Crippen LogP contribution is -2.37. The van der Waals surface area contributed by atoms with Gasteiger partial charge in [-0.15, -0.1) is 0 Å². The molecule has 3 aromatic rings. The van der Waals surface area contributed by atoms with Crippen LogP contribution in [0.25, 0.3) is 11.3 Å². The molecule has 3 rings (SSSR count).